The Morgan fingerprint density at radius 2 is 2.00 bits per heavy atom. The zero-order valence-electron chi connectivity index (χ0n) is 13.2. The number of hydrogen-bond acceptors (Lipinski definition) is 3. The van der Waals surface area contributed by atoms with Gasteiger partial charge in [-0.25, -0.2) is 0 Å². The summed E-state index contributed by atoms with van der Waals surface area (Å²) in [4.78, 5) is 24.9. The smallest absolute Gasteiger partial charge is 0.323 e. The number of aromatic nitrogens is 2. The Morgan fingerprint density at radius 3 is 2.65 bits per heavy atom. The highest BCUT2D eigenvalue weighted by molar-refractivity contribution is 5.95. The van der Waals surface area contributed by atoms with Crippen molar-refractivity contribution in [2.45, 2.75) is 26.3 Å². The number of aliphatic carboxylic acids is 1. The van der Waals surface area contributed by atoms with Crippen LogP contribution in [0.3, 0.4) is 0 Å². The van der Waals surface area contributed by atoms with Crippen molar-refractivity contribution in [1.82, 2.24) is 14.7 Å². The van der Waals surface area contributed by atoms with Gasteiger partial charge in [0.1, 0.15) is 6.54 Å². The number of amides is 1. The molecule has 0 aliphatic rings. The van der Waals surface area contributed by atoms with Crippen LogP contribution in [0.4, 0.5) is 0 Å². The summed E-state index contributed by atoms with van der Waals surface area (Å²) >= 11 is 0. The van der Waals surface area contributed by atoms with Crippen LogP contribution in [-0.2, 0) is 17.8 Å². The van der Waals surface area contributed by atoms with E-state index in [0.717, 1.165) is 18.5 Å². The van der Waals surface area contributed by atoms with E-state index in [2.05, 4.69) is 5.10 Å². The number of hydrogen-bond donors (Lipinski definition) is 1. The van der Waals surface area contributed by atoms with Gasteiger partial charge in [-0.15, -0.1) is 0 Å². The van der Waals surface area contributed by atoms with Gasteiger partial charge in [-0.2, -0.15) is 5.10 Å². The summed E-state index contributed by atoms with van der Waals surface area (Å²) in [5.41, 5.74) is 1.49. The quantitative estimate of drug-likeness (QED) is 0.809. The average molecular weight is 315 g/mol. The number of carbonyl (C=O) groups excluding carboxylic acids is 1. The second-order valence-corrected chi connectivity index (χ2v) is 5.35. The van der Waals surface area contributed by atoms with E-state index in [0.29, 0.717) is 18.5 Å². The van der Waals surface area contributed by atoms with E-state index in [4.69, 9.17) is 5.11 Å². The lowest BCUT2D eigenvalue weighted by atomic mass is 10.1. The van der Waals surface area contributed by atoms with Gasteiger partial charge < -0.3 is 10.0 Å². The highest BCUT2D eigenvalue weighted by Gasteiger charge is 2.19. The summed E-state index contributed by atoms with van der Waals surface area (Å²) in [5, 5.41) is 13.2. The summed E-state index contributed by atoms with van der Waals surface area (Å²) in [7, 11) is 0. The fourth-order valence-electron chi connectivity index (χ4n) is 2.33. The molecular formula is C17H21N3O3. The van der Waals surface area contributed by atoms with Crippen LogP contribution in [0.2, 0.25) is 0 Å². The second-order valence-electron chi connectivity index (χ2n) is 5.35. The van der Waals surface area contributed by atoms with Crippen molar-refractivity contribution in [2.75, 3.05) is 13.1 Å². The summed E-state index contributed by atoms with van der Waals surface area (Å²) in [6, 6.07) is 9.69. The molecule has 1 amide bonds. The van der Waals surface area contributed by atoms with Gasteiger partial charge in [0, 0.05) is 19.3 Å². The lowest BCUT2D eigenvalue weighted by Gasteiger charge is -2.20. The first-order valence-corrected chi connectivity index (χ1v) is 7.67. The van der Waals surface area contributed by atoms with Crippen LogP contribution in [0.5, 0.6) is 0 Å². The first-order chi connectivity index (χ1) is 11.1. The summed E-state index contributed by atoms with van der Waals surface area (Å²) in [6.45, 7) is 2.80. The molecule has 2 rings (SSSR count). The third kappa shape index (κ3) is 4.95. The first-order valence-electron chi connectivity index (χ1n) is 7.67. The zero-order valence-corrected chi connectivity index (χ0v) is 13.2. The fraction of sp³-hybridized carbons (Fsp3) is 0.353. The molecule has 0 spiro atoms. The number of carboxylic acid groups (broad SMARTS) is 1. The van der Waals surface area contributed by atoms with Crippen molar-refractivity contribution in [3.05, 3.63) is 53.9 Å². The van der Waals surface area contributed by atoms with Crippen molar-refractivity contribution < 1.29 is 14.7 Å². The molecule has 2 aromatic rings. The molecule has 23 heavy (non-hydrogen) atoms. The number of aryl methyl sites for hydroxylation is 1. The first kappa shape index (κ1) is 16.7. The maximum Gasteiger partial charge on any atom is 0.323 e. The van der Waals surface area contributed by atoms with Crippen molar-refractivity contribution in [2.24, 2.45) is 0 Å². The number of rotatable bonds is 8. The predicted molar refractivity (Wildman–Crippen MR) is 86.2 cm³/mol. The Morgan fingerprint density at radius 1 is 1.26 bits per heavy atom. The summed E-state index contributed by atoms with van der Waals surface area (Å²) < 4.78 is 1.70. The maximum atomic E-state index is 12.5. The normalized spacial score (nSPS) is 10.5. The van der Waals surface area contributed by atoms with E-state index in [1.54, 1.807) is 10.9 Å². The second kappa shape index (κ2) is 8.12. The van der Waals surface area contributed by atoms with Gasteiger partial charge in [-0.3, -0.25) is 14.3 Å². The molecule has 0 bridgehead atoms. The lowest BCUT2D eigenvalue weighted by molar-refractivity contribution is -0.137. The Balaban J connectivity index is 2.06. The van der Waals surface area contributed by atoms with Crippen LogP contribution in [0, 0.1) is 0 Å². The Bertz CT molecular complexity index is 652. The van der Waals surface area contributed by atoms with Crippen LogP contribution in [0.15, 0.2) is 42.7 Å². The van der Waals surface area contributed by atoms with Gasteiger partial charge in [-0.05, 0) is 18.4 Å². The molecule has 6 nitrogen and oxygen atoms in total. The minimum absolute atomic E-state index is 0.300. The lowest BCUT2D eigenvalue weighted by Crippen LogP contribution is -2.37. The van der Waals surface area contributed by atoms with Crippen molar-refractivity contribution >= 4 is 11.9 Å². The van der Waals surface area contributed by atoms with Gasteiger partial charge in [-0.1, -0.05) is 37.3 Å². The molecule has 1 aromatic carbocycles. The molecule has 0 radical (unpaired) electrons. The predicted octanol–water partition coefficient (Wildman–Crippen LogP) is 2.06. The maximum absolute atomic E-state index is 12.5. The van der Waals surface area contributed by atoms with Crippen LogP contribution in [0.25, 0.3) is 0 Å². The molecule has 0 saturated heterocycles. The third-order valence-electron chi connectivity index (χ3n) is 3.46. The molecule has 0 fully saturated rings. The number of nitrogens with zero attached hydrogens (tertiary/aromatic N) is 3. The van der Waals surface area contributed by atoms with Crippen LogP contribution in [0.1, 0.15) is 29.3 Å². The van der Waals surface area contributed by atoms with Gasteiger partial charge in [0.15, 0.2) is 0 Å². The Hall–Kier alpha value is -2.63. The molecule has 0 aliphatic heterocycles. The zero-order chi connectivity index (χ0) is 16.7. The largest absolute Gasteiger partial charge is 0.480 e. The highest BCUT2D eigenvalue weighted by Crippen LogP contribution is 2.07. The topological polar surface area (TPSA) is 75.4 Å². The van der Waals surface area contributed by atoms with Gasteiger partial charge in [0.2, 0.25) is 0 Å². The van der Waals surface area contributed by atoms with E-state index in [-0.39, 0.29) is 12.5 Å². The highest BCUT2D eigenvalue weighted by atomic mass is 16.4. The third-order valence-corrected chi connectivity index (χ3v) is 3.46. The molecule has 1 heterocycles. The van der Waals surface area contributed by atoms with E-state index < -0.39 is 5.97 Å². The monoisotopic (exact) mass is 315 g/mol. The summed E-state index contributed by atoms with van der Waals surface area (Å²) in [6.07, 6.45) is 4.70. The molecule has 1 aromatic heterocycles. The van der Waals surface area contributed by atoms with E-state index in [9.17, 15) is 9.59 Å². The average Bonchev–Trinajstić information content (AvgIpc) is 3.00. The van der Waals surface area contributed by atoms with Crippen molar-refractivity contribution in [3.63, 3.8) is 0 Å². The minimum atomic E-state index is -1.02. The number of carbonyl (C=O) groups is 2. The van der Waals surface area contributed by atoms with E-state index in [1.165, 1.54) is 11.1 Å². The molecule has 0 saturated carbocycles. The van der Waals surface area contributed by atoms with Crippen LogP contribution < -0.4 is 0 Å². The molecule has 0 unspecified atom stereocenters. The standard InChI is InChI=1S/C17H21N3O3/c1-2-9-20-12-15(11-18-20)17(23)19(13-16(21)22)10-8-14-6-4-3-5-7-14/h3-7,11-12H,2,8-10,13H2,1H3,(H,21,22). The minimum Gasteiger partial charge on any atom is -0.480 e. The molecule has 0 aliphatic carbocycles. The molecular weight excluding hydrogens is 294 g/mol. The van der Waals surface area contributed by atoms with Gasteiger partial charge in [0.25, 0.3) is 5.91 Å². The molecule has 122 valence electrons. The fourth-order valence-corrected chi connectivity index (χ4v) is 2.33. The Labute approximate surface area is 135 Å². The molecule has 1 N–H and O–H groups in total. The van der Waals surface area contributed by atoms with Gasteiger partial charge >= 0.3 is 5.97 Å². The Kier molecular flexibility index (Phi) is 5.91. The van der Waals surface area contributed by atoms with E-state index in [1.807, 2.05) is 37.3 Å². The van der Waals surface area contributed by atoms with Crippen molar-refractivity contribution in [3.8, 4) is 0 Å². The van der Waals surface area contributed by atoms with Crippen LogP contribution >= 0.6 is 0 Å². The van der Waals surface area contributed by atoms with E-state index >= 15 is 0 Å². The van der Waals surface area contributed by atoms with Crippen molar-refractivity contribution in [1.29, 1.82) is 0 Å². The summed E-state index contributed by atoms with van der Waals surface area (Å²) in [5.74, 6) is -1.32. The molecule has 6 heteroatoms. The van der Waals surface area contributed by atoms with Gasteiger partial charge in [0.05, 0.1) is 11.8 Å². The SMILES string of the molecule is CCCn1cc(C(=O)N(CCc2ccccc2)CC(=O)O)cn1. The number of benzene rings is 1. The van der Waals surface area contributed by atoms with Crippen LogP contribution in [-0.4, -0.2) is 44.8 Å². The number of carboxylic acids is 1. The molecule has 0 atom stereocenters.